The van der Waals surface area contributed by atoms with Gasteiger partial charge in [-0.15, -0.1) is 11.3 Å². The minimum atomic E-state index is 0.0624. The van der Waals surface area contributed by atoms with E-state index in [9.17, 15) is 4.79 Å². The van der Waals surface area contributed by atoms with Crippen LogP contribution in [0, 0.1) is 0 Å². The molecule has 0 saturated carbocycles. The van der Waals surface area contributed by atoms with Gasteiger partial charge in [0.15, 0.2) is 0 Å². The van der Waals surface area contributed by atoms with Crippen molar-refractivity contribution in [1.82, 2.24) is 9.80 Å². The van der Waals surface area contributed by atoms with Crippen molar-refractivity contribution in [3.63, 3.8) is 0 Å². The number of rotatable bonds is 12. The van der Waals surface area contributed by atoms with Crippen LogP contribution < -0.4 is 0 Å². The van der Waals surface area contributed by atoms with Crippen molar-refractivity contribution in [3.8, 4) is 0 Å². The lowest BCUT2D eigenvalue weighted by atomic mass is 10.1. The molecular formula is C21H34Cl2N2OS. The second-order valence-electron chi connectivity index (χ2n) is 7.55. The molecule has 0 N–H and O–H groups in total. The van der Waals surface area contributed by atoms with Crippen LogP contribution in [-0.4, -0.2) is 48.4 Å². The Kier molecular flexibility index (Phi) is 11.1. The second kappa shape index (κ2) is 13.0. The Morgan fingerprint density at radius 3 is 2.00 bits per heavy atom. The Hall–Kier alpha value is -0.290. The minimum absolute atomic E-state index is 0.0624. The van der Waals surface area contributed by atoms with E-state index in [0.717, 1.165) is 32.7 Å². The summed E-state index contributed by atoms with van der Waals surface area (Å²) in [5.74, 6) is 0.0624. The monoisotopic (exact) mass is 432 g/mol. The van der Waals surface area contributed by atoms with E-state index < -0.39 is 0 Å². The Labute approximate surface area is 179 Å². The van der Waals surface area contributed by atoms with Gasteiger partial charge in [0, 0.05) is 26.2 Å². The van der Waals surface area contributed by atoms with Crippen LogP contribution in [0.1, 0.15) is 80.8 Å². The summed E-state index contributed by atoms with van der Waals surface area (Å²) in [6, 6.07) is 1.69. The zero-order valence-electron chi connectivity index (χ0n) is 16.7. The van der Waals surface area contributed by atoms with Crippen molar-refractivity contribution < 1.29 is 4.79 Å². The summed E-state index contributed by atoms with van der Waals surface area (Å²) in [5.41, 5.74) is 0. The highest BCUT2D eigenvalue weighted by Crippen LogP contribution is 2.32. The van der Waals surface area contributed by atoms with E-state index >= 15 is 0 Å². The largest absolute Gasteiger partial charge is 0.335 e. The fourth-order valence-electron chi connectivity index (χ4n) is 3.61. The molecule has 27 heavy (non-hydrogen) atoms. The summed E-state index contributed by atoms with van der Waals surface area (Å²) in [6.07, 6.45) is 13.7. The topological polar surface area (TPSA) is 23.6 Å². The molecule has 6 heteroatoms. The zero-order valence-corrected chi connectivity index (χ0v) is 19.0. The van der Waals surface area contributed by atoms with Crippen LogP contribution in [0.5, 0.6) is 0 Å². The van der Waals surface area contributed by atoms with E-state index in [0.29, 0.717) is 14.2 Å². The fraction of sp³-hybridized carbons (Fsp3) is 0.762. The molecule has 0 radical (unpaired) electrons. The maximum Gasteiger partial charge on any atom is 0.264 e. The van der Waals surface area contributed by atoms with Gasteiger partial charge in [-0.3, -0.25) is 9.69 Å². The molecule has 0 unspecified atom stereocenters. The molecule has 1 aromatic rings. The third kappa shape index (κ3) is 8.31. The molecule has 154 valence electrons. The smallest absolute Gasteiger partial charge is 0.264 e. The van der Waals surface area contributed by atoms with Crippen molar-refractivity contribution in [2.24, 2.45) is 0 Å². The van der Waals surface area contributed by atoms with Gasteiger partial charge in [0.25, 0.3) is 5.91 Å². The first-order valence-corrected chi connectivity index (χ1v) is 12.2. The van der Waals surface area contributed by atoms with Crippen LogP contribution >= 0.6 is 34.5 Å². The molecule has 0 atom stereocenters. The first-order chi connectivity index (χ1) is 13.1. The number of piperazine rings is 1. The van der Waals surface area contributed by atoms with Crippen LogP contribution in [-0.2, 0) is 0 Å². The Morgan fingerprint density at radius 2 is 1.48 bits per heavy atom. The predicted molar refractivity (Wildman–Crippen MR) is 119 cm³/mol. The lowest BCUT2D eigenvalue weighted by Crippen LogP contribution is -2.48. The highest BCUT2D eigenvalue weighted by Gasteiger charge is 2.23. The quantitative estimate of drug-likeness (QED) is 0.341. The lowest BCUT2D eigenvalue weighted by Gasteiger charge is -2.34. The van der Waals surface area contributed by atoms with Gasteiger partial charge in [0.1, 0.15) is 4.34 Å². The molecule has 1 aromatic heterocycles. The predicted octanol–water partition coefficient (Wildman–Crippen LogP) is 6.73. The fourth-order valence-corrected chi connectivity index (χ4v) is 4.94. The number of thiophene rings is 1. The number of carbonyl (C=O) groups is 1. The number of amides is 1. The van der Waals surface area contributed by atoms with Crippen molar-refractivity contribution >= 4 is 40.4 Å². The van der Waals surface area contributed by atoms with Crippen molar-refractivity contribution in [1.29, 1.82) is 0 Å². The highest BCUT2D eigenvalue weighted by molar-refractivity contribution is 7.18. The molecule has 1 amide bonds. The Bertz CT molecular complexity index is 537. The van der Waals surface area contributed by atoms with E-state index in [4.69, 9.17) is 23.2 Å². The van der Waals surface area contributed by atoms with Gasteiger partial charge in [-0.1, -0.05) is 87.9 Å². The molecule has 0 aliphatic carbocycles. The molecule has 0 aromatic carbocycles. The summed E-state index contributed by atoms with van der Waals surface area (Å²) in [7, 11) is 0. The third-order valence-electron chi connectivity index (χ3n) is 5.34. The van der Waals surface area contributed by atoms with Gasteiger partial charge in [-0.25, -0.2) is 0 Å². The Balaban J connectivity index is 1.50. The molecular weight excluding hydrogens is 399 g/mol. The van der Waals surface area contributed by atoms with Crippen molar-refractivity contribution in [2.45, 2.75) is 71.1 Å². The van der Waals surface area contributed by atoms with Gasteiger partial charge in [0.05, 0.1) is 9.90 Å². The number of nitrogens with zero attached hydrogens (tertiary/aromatic N) is 2. The molecule has 3 nitrogen and oxygen atoms in total. The second-order valence-corrected chi connectivity index (χ2v) is 9.61. The van der Waals surface area contributed by atoms with Gasteiger partial charge < -0.3 is 4.90 Å². The first-order valence-electron chi connectivity index (χ1n) is 10.6. The normalized spacial score (nSPS) is 15.4. The van der Waals surface area contributed by atoms with E-state index in [-0.39, 0.29) is 5.91 Å². The molecule has 1 aliphatic heterocycles. The average molecular weight is 433 g/mol. The summed E-state index contributed by atoms with van der Waals surface area (Å²) >= 11 is 13.2. The molecule has 2 rings (SSSR count). The minimum Gasteiger partial charge on any atom is -0.335 e. The van der Waals surface area contributed by atoms with Crippen LogP contribution in [0.25, 0.3) is 0 Å². The number of carbonyl (C=O) groups excluding carboxylic acids is 1. The third-order valence-corrected chi connectivity index (χ3v) is 7.20. The highest BCUT2D eigenvalue weighted by atomic mass is 35.5. The number of hydrogen-bond donors (Lipinski definition) is 0. The van der Waals surface area contributed by atoms with Crippen LogP contribution in [0.15, 0.2) is 6.07 Å². The molecule has 1 aliphatic rings. The maximum absolute atomic E-state index is 12.5. The lowest BCUT2D eigenvalue weighted by molar-refractivity contribution is 0.0640. The van der Waals surface area contributed by atoms with Crippen LogP contribution in [0.4, 0.5) is 0 Å². The molecule has 2 heterocycles. The first kappa shape index (κ1) is 23.0. The average Bonchev–Trinajstić information content (AvgIpc) is 3.02. The van der Waals surface area contributed by atoms with Gasteiger partial charge >= 0.3 is 0 Å². The van der Waals surface area contributed by atoms with Gasteiger partial charge in [-0.05, 0) is 19.0 Å². The van der Waals surface area contributed by atoms with E-state index in [2.05, 4.69) is 11.8 Å². The number of halogens is 2. The van der Waals surface area contributed by atoms with E-state index in [1.807, 2.05) is 4.90 Å². The van der Waals surface area contributed by atoms with Crippen LogP contribution in [0.3, 0.4) is 0 Å². The maximum atomic E-state index is 12.5. The zero-order chi connectivity index (χ0) is 19.5. The number of hydrogen-bond acceptors (Lipinski definition) is 3. The van der Waals surface area contributed by atoms with Gasteiger partial charge in [-0.2, -0.15) is 0 Å². The van der Waals surface area contributed by atoms with Crippen molar-refractivity contribution in [3.05, 3.63) is 20.3 Å². The summed E-state index contributed by atoms with van der Waals surface area (Å²) in [6.45, 7) is 6.96. The molecule has 0 bridgehead atoms. The van der Waals surface area contributed by atoms with E-state index in [1.54, 1.807) is 6.07 Å². The van der Waals surface area contributed by atoms with E-state index in [1.165, 1.54) is 75.5 Å². The molecule has 1 saturated heterocycles. The standard InChI is InChI=1S/C21H34Cl2N2OS/c1-2-3-4-5-6-7-8-9-10-11-12-24-13-15-25(16-14-24)21(26)19-17-18(22)20(23)27-19/h17H,2-16H2,1H3. The molecule has 0 spiro atoms. The summed E-state index contributed by atoms with van der Waals surface area (Å²) < 4.78 is 0.500. The van der Waals surface area contributed by atoms with Crippen LogP contribution in [0.2, 0.25) is 9.36 Å². The number of unbranched alkanes of at least 4 members (excludes halogenated alkanes) is 9. The van der Waals surface area contributed by atoms with Gasteiger partial charge in [0.2, 0.25) is 0 Å². The summed E-state index contributed by atoms with van der Waals surface area (Å²) in [4.78, 5) is 17.6. The Morgan fingerprint density at radius 1 is 0.926 bits per heavy atom. The molecule has 1 fully saturated rings. The SMILES string of the molecule is CCCCCCCCCCCCN1CCN(C(=O)c2cc(Cl)c(Cl)s2)CC1. The van der Waals surface area contributed by atoms with Crippen molar-refractivity contribution in [2.75, 3.05) is 32.7 Å². The summed E-state index contributed by atoms with van der Waals surface area (Å²) in [5, 5.41) is 0.476.